The van der Waals surface area contributed by atoms with Crippen LogP contribution >= 0.6 is 0 Å². The molecule has 0 spiro atoms. The minimum Gasteiger partial charge on any atom is -0.277 e. The summed E-state index contributed by atoms with van der Waals surface area (Å²) in [4.78, 5) is 19.7. The molecule has 0 atom stereocenters. The summed E-state index contributed by atoms with van der Waals surface area (Å²) in [5.41, 5.74) is 2.57. The van der Waals surface area contributed by atoms with E-state index in [4.69, 9.17) is 0 Å². The molecule has 0 bridgehead atoms. The Morgan fingerprint density at radius 3 is 2.33 bits per heavy atom. The fourth-order valence-electron chi connectivity index (χ4n) is 0.340. The SMILES string of the molecule is CCCNN(C=O)C=O. The van der Waals surface area contributed by atoms with Crippen molar-refractivity contribution < 1.29 is 9.59 Å². The number of nitrogens with one attached hydrogen (secondary N) is 1. The van der Waals surface area contributed by atoms with Crippen molar-refractivity contribution in [2.24, 2.45) is 0 Å². The average molecular weight is 130 g/mol. The zero-order valence-electron chi connectivity index (χ0n) is 5.33. The Kier molecular flexibility index (Phi) is 4.72. The Balaban J connectivity index is 3.30. The lowest BCUT2D eigenvalue weighted by Gasteiger charge is -2.07. The van der Waals surface area contributed by atoms with Crippen LogP contribution in [0.25, 0.3) is 0 Å². The molecule has 0 fully saturated rings. The normalized spacial score (nSPS) is 8.56. The molecule has 9 heavy (non-hydrogen) atoms. The summed E-state index contributed by atoms with van der Waals surface area (Å²) in [5.74, 6) is 0. The van der Waals surface area contributed by atoms with Gasteiger partial charge < -0.3 is 0 Å². The first-order valence-corrected chi connectivity index (χ1v) is 2.77. The topological polar surface area (TPSA) is 49.4 Å². The second-order valence-electron chi connectivity index (χ2n) is 1.53. The van der Waals surface area contributed by atoms with Gasteiger partial charge in [0.2, 0.25) is 12.8 Å². The number of amides is 2. The molecular weight excluding hydrogens is 120 g/mol. The van der Waals surface area contributed by atoms with Crippen LogP contribution in [0.15, 0.2) is 0 Å². The van der Waals surface area contributed by atoms with Gasteiger partial charge in [0.1, 0.15) is 0 Å². The van der Waals surface area contributed by atoms with E-state index in [1.165, 1.54) is 0 Å². The van der Waals surface area contributed by atoms with Gasteiger partial charge in [0.25, 0.3) is 0 Å². The molecule has 1 N–H and O–H groups in total. The Hall–Kier alpha value is -0.900. The van der Waals surface area contributed by atoms with Gasteiger partial charge in [-0.3, -0.25) is 9.59 Å². The number of carbonyl (C=O) groups excluding carboxylic acids is 2. The maximum atomic E-state index is 9.87. The summed E-state index contributed by atoms with van der Waals surface area (Å²) in [6, 6.07) is 0. The molecule has 0 aromatic heterocycles. The van der Waals surface area contributed by atoms with Gasteiger partial charge in [-0.05, 0) is 6.42 Å². The molecule has 0 heterocycles. The second kappa shape index (κ2) is 5.24. The maximum absolute atomic E-state index is 9.87. The third-order valence-electron chi connectivity index (χ3n) is 0.772. The predicted octanol–water partition coefficient (Wildman–Crippen LogP) is -0.484. The van der Waals surface area contributed by atoms with Crippen molar-refractivity contribution in [3.05, 3.63) is 0 Å². The lowest BCUT2D eigenvalue weighted by Crippen LogP contribution is -2.35. The van der Waals surface area contributed by atoms with Gasteiger partial charge in [0.05, 0.1) is 0 Å². The lowest BCUT2D eigenvalue weighted by atomic mass is 10.5. The van der Waals surface area contributed by atoms with E-state index >= 15 is 0 Å². The van der Waals surface area contributed by atoms with E-state index in [0.29, 0.717) is 19.4 Å². The molecule has 2 amide bonds. The van der Waals surface area contributed by atoms with Crippen LogP contribution in [0, 0.1) is 0 Å². The number of hydrazine groups is 1. The van der Waals surface area contributed by atoms with Gasteiger partial charge in [-0.25, -0.2) is 10.4 Å². The summed E-state index contributed by atoms with van der Waals surface area (Å²) < 4.78 is 0. The molecule has 0 saturated heterocycles. The summed E-state index contributed by atoms with van der Waals surface area (Å²) in [6.45, 7) is 2.58. The van der Waals surface area contributed by atoms with Crippen LogP contribution < -0.4 is 5.43 Å². The highest BCUT2D eigenvalue weighted by atomic mass is 16.2. The zero-order valence-corrected chi connectivity index (χ0v) is 5.33. The Morgan fingerprint density at radius 2 is 2.00 bits per heavy atom. The Morgan fingerprint density at radius 1 is 1.44 bits per heavy atom. The zero-order chi connectivity index (χ0) is 7.11. The quantitative estimate of drug-likeness (QED) is 0.404. The Bertz CT molecular complexity index is 87.0. The van der Waals surface area contributed by atoms with Crippen molar-refractivity contribution in [2.45, 2.75) is 13.3 Å². The molecule has 0 unspecified atom stereocenters. The molecule has 0 aliphatic rings. The predicted molar refractivity (Wildman–Crippen MR) is 32.3 cm³/mol. The van der Waals surface area contributed by atoms with Crippen LogP contribution in [-0.4, -0.2) is 24.4 Å². The Labute approximate surface area is 53.8 Å². The highest BCUT2D eigenvalue weighted by molar-refractivity contribution is 5.67. The average Bonchev–Trinajstić information content (AvgIpc) is 1.91. The van der Waals surface area contributed by atoms with E-state index in [0.717, 1.165) is 11.4 Å². The first-order chi connectivity index (χ1) is 4.35. The number of hydrogen-bond acceptors (Lipinski definition) is 3. The van der Waals surface area contributed by atoms with Gasteiger partial charge >= 0.3 is 0 Å². The van der Waals surface area contributed by atoms with Gasteiger partial charge in [0.15, 0.2) is 0 Å². The van der Waals surface area contributed by atoms with Crippen molar-refractivity contribution in [1.29, 1.82) is 0 Å². The van der Waals surface area contributed by atoms with E-state index in [2.05, 4.69) is 5.43 Å². The van der Waals surface area contributed by atoms with Crippen molar-refractivity contribution in [1.82, 2.24) is 10.4 Å². The third-order valence-corrected chi connectivity index (χ3v) is 0.772. The molecule has 0 aliphatic heterocycles. The standard InChI is InChI=1S/C5H10N2O2/c1-2-3-6-7(4-8)5-9/h4-6H,2-3H2,1H3. The number of nitrogens with zero attached hydrogens (tertiary/aromatic N) is 1. The van der Waals surface area contributed by atoms with Crippen LogP contribution in [0.5, 0.6) is 0 Å². The third kappa shape index (κ3) is 3.66. The molecule has 0 rings (SSSR count). The lowest BCUT2D eigenvalue weighted by molar-refractivity contribution is -0.132. The van der Waals surface area contributed by atoms with Crippen LogP contribution in [0.3, 0.4) is 0 Å². The van der Waals surface area contributed by atoms with Crippen molar-refractivity contribution >= 4 is 12.8 Å². The van der Waals surface area contributed by atoms with Gasteiger partial charge in [-0.2, -0.15) is 0 Å². The highest BCUT2D eigenvalue weighted by Gasteiger charge is 1.92. The van der Waals surface area contributed by atoms with Gasteiger partial charge in [-0.1, -0.05) is 6.92 Å². The molecule has 0 aromatic carbocycles. The number of carbonyl (C=O) groups is 2. The molecule has 0 radical (unpaired) electrons. The van der Waals surface area contributed by atoms with Crippen LogP contribution in [0.1, 0.15) is 13.3 Å². The fourth-order valence-corrected chi connectivity index (χ4v) is 0.340. The van der Waals surface area contributed by atoms with Crippen LogP contribution in [0.4, 0.5) is 0 Å². The molecule has 52 valence electrons. The van der Waals surface area contributed by atoms with Gasteiger partial charge in [-0.15, -0.1) is 0 Å². The van der Waals surface area contributed by atoms with Crippen molar-refractivity contribution in [3.8, 4) is 0 Å². The maximum Gasteiger partial charge on any atom is 0.230 e. The largest absolute Gasteiger partial charge is 0.277 e. The monoisotopic (exact) mass is 130 g/mol. The molecular formula is C5H10N2O2. The minimum absolute atomic E-state index is 0.433. The van der Waals surface area contributed by atoms with Gasteiger partial charge in [0, 0.05) is 6.54 Å². The van der Waals surface area contributed by atoms with Crippen molar-refractivity contribution in [2.75, 3.05) is 6.54 Å². The smallest absolute Gasteiger partial charge is 0.230 e. The van der Waals surface area contributed by atoms with E-state index in [-0.39, 0.29) is 0 Å². The summed E-state index contributed by atoms with van der Waals surface area (Å²) in [5, 5.41) is 0.851. The van der Waals surface area contributed by atoms with Crippen LogP contribution in [-0.2, 0) is 9.59 Å². The summed E-state index contributed by atoms with van der Waals surface area (Å²) in [6.07, 6.45) is 1.75. The fraction of sp³-hybridized carbons (Fsp3) is 0.600. The van der Waals surface area contributed by atoms with Crippen molar-refractivity contribution in [3.63, 3.8) is 0 Å². The first-order valence-electron chi connectivity index (χ1n) is 2.77. The molecule has 0 saturated carbocycles. The highest BCUT2D eigenvalue weighted by Crippen LogP contribution is 1.71. The van der Waals surface area contributed by atoms with E-state index in [1.54, 1.807) is 0 Å². The molecule has 0 aliphatic carbocycles. The number of imide groups is 1. The van der Waals surface area contributed by atoms with Crippen LogP contribution in [0.2, 0.25) is 0 Å². The molecule has 4 heteroatoms. The van der Waals surface area contributed by atoms with E-state index in [9.17, 15) is 9.59 Å². The second-order valence-corrected chi connectivity index (χ2v) is 1.53. The summed E-state index contributed by atoms with van der Waals surface area (Å²) in [7, 11) is 0. The number of rotatable bonds is 5. The first kappa shape index (κ1) is 8.10. The summed E-state index contributed by atoms with van der Waals surface area (Å²) >= 11 is 0. The molecule has 4 nitrogen and oxygen atoms in total. The molecule has 0 aromatic rings. The van der Waals surface area contributed by atoms with E-state index < -0.39 is 0 Å². The minimum atomic E-state index is 0.433. The van der Waals surface area contributed by atoms with E-state index in [1.807, 2.05) is 6.92 Å². The number of hydrogen-bond donors (Lipinski definition) is 1.